The highest BCUT2D eigenvalue weighted by Crippen LogP contribution is 2.59. The zero-order chi connectivity index (χ0) is 25.6. The van der Waals surface area contributed by atoms with E-state index in [1.165, 1.54) is 25.3 Å². The molecule has 0 heterocycles. The van der Waals surface area contributed by atoms with Gasteiger partial charge >= 0.3 is 7.60 Å². The van der Waals surface area contributed by atoms with Gasteiger partial charge in [-0.1, -0.05) is 56.8 Å². The van der Waals surface area contributed by atoms with Crippen LogP contribution in [0.25, 0.3) is 0 Å². The van der Waals surface area contributed by atoms with Gasteiger partial charge in [-0.05, 0) is 81.3 Å². The summed E-state index contributed by atoms with van der Waals surface area (Å²) in [4.78, 5) is 17.7. The lowest BCUT2D eigenvalue weighted by atomic mass is 9.50. The number of unbranched alkanes of at least 4 members (excludes halogenated alkanes) is 8. The van der Waals surface area contributed by atoms with Crippen molar-refractivity contribution in [2.45, 2.75) is 96.3 Å². The third kappa shape index (κ3) is 7.80. The molecule has 0 saturated heterocycles. The molecule has 0 unspecified atom stereocenters. The van der Waals surface area contributed by atoms with E-state index in [0.717, 1.165) is 88.4 Å². The largest absolute Gasteiger partial charge is 0.490 e. The monoisotopic (exact) mass is 522 g/mol. The summed E-state index contributed by atoms with van der Waals surface area (Å²) in [5.74, 6) is 6.85. The van der Waals surface area contributed by atoms with E-state index in [2.05, 4.69) is 11.8 Å². The number of benzene rings is 1. The Morgan fingerprint density at radius 2 is 1.36 bits per heavy atom. The Hall–Kier alpha value is -1.41. The highest BCUT2D eigenvalue weighted by molar-refractivity contribution is 7.51. The van der Waals surface area contributed by atoms with Crippen LogP contribution in [0.15, 0.2) is 12.1 Å². The molecule has 7 heteroatoms. The van der Waals surface area contributed by atoms with E-state index in [9.17, 15) is 13.3 Å². The quantitative estimate of drug-likeness (QED) is 0.159. The maximum Gasteiger partial charge on any atom is 0.325 e. The minimum absolute atomic E-state index is 0.0124. The van der Waals surface area contributed by atoms with E-state index in [4.69, 9.17) is 14.5 Å². The van der Waals surface area contributed by atoms with Crippen LogP contribution in [0.3, 0.4) is 0 Å². The number of hydrogen-bond acceptors (Lipinski definition) is 2. The van der Waals surface area contributed by atoms with Gasteiger partial charge in [-0.25, -0.2) is 4.39 Å². The Kier molecular flexibility index (Phi) is 9.53. The molecule has 4 nitrogen and oxygen atoms in total. The summed E-state index contributed by atoms with van der Waals surface area (Å²) in [6.07, 6.45) is 15.9. The second kappa shape index (κ2) is 12.4. The summed E-state index contributed by atoms with van der Waals surface area (Å²) >= 11 is 0. The molecule has 36 heavy (non-hydrogen) atoms. The summed E-state index contributed by atoms with van der Waals surface area (Å²) in [6, 6.07) is 3.07. The molecule has 1 aromatic carbocycles. The summed E-state index contributed by atoms with van der Waals surface area (Å²) in [5.41, 5.74) is 0.149. The van der Waals surface area contributed by atoms with Crippen molar-refractivity contribution in [3.8, 4) is 17.6 Å². The van der Waals surface area contributed by atoms with Crippen molar-refractivity contribution in [1.82, 2.24) is 0 Å². The van der Waals surface area contributed by atoms with Gasteiger partial charge in [-0.15, -0.1) is 0 Å². The lowest BCUT2D eigenvalue weighted by Crippen LogP contribution is -2.45. The summed E-state index contributed by atoms with van der Waals surface area (Å²) in [7, 11) is -3.85. The fourth-order valence-corrected chi connectivity index (χ4v) is 7.68. The fourth-order valence-electron chi connectivity index (χ4n) is 7.04. The van der Waals surface area contributed by atoms with Crippen LogP contribution in [-0.4, -0.2) is 22.6 Å². The smallest absolute Gasteiger partial charge is 0.325 e. The van der Waals surface area contributed by atoms with Crippen molar-refractivity contribution in [2.24, 2.45) is 23.2 Å². The molecule has 4 fully saturated rings. The zero-order valence-corrected chi connectivity index (χ0v) is 22.2. The van der Waals surface area contributed by atoms with Crippen molar-refractivity contribution in [3.63, 3.8) is 0 Å². The van der Waals surface area contributed by atoms with Crippen LogP contribution in [0.5, 0.6) is 5.75 Å². The van der Waals surface area contributed by atoms with Gasteiger partial charge in [0.1, 0.15) is 0 Å². The molecule has 0 spiro atoms. The molecule has 0 aliphatic heterocycles. The van der Waals surface area contributed by atoms with Gasteiger partial charge in [0.2, 0.25) is 5.82 Å². The molecular formula is C29H41F2O4P. The third-order valence-electron chi connectivity index (χ3n) is 8.40. The van der Waals surface area contributed by atoms with Gasteiger partial charge in [0.25, 0.3) is 0 Å². The van der Waals surface area contributed by atoms with Gasteiger partial charge in [0.05, 0.1) is 12.2 Å². The lowest BCUT2D eigenvalue weighted by Gasteiger charge is -2.54. The highest BCUT2D eigenvalue weighted by atomic mass is 31.2. The van der Waals surface area contributed by atoms with E-state index in [-0.39, 0.29) is 22.9 Å². The molecule has 0 radical (unpaired) electrons. The van der Waals surface area contributed by atoms with Gasteiger partial charge in [-0.3, -0.25) is 4.57 Å². The molecule has 4 saturated carbocycles. The molecule has 0 amide bonds. The first kappa shape index (κ1) is 27.6. The predicted molar refractivity (Wildman–Crippen MR) is 138 cm³/mol. The Balaban J connectivity index is 1.13. The van der Waals surface area contributed by atoms with Crippen LogP contribution >= 0.6 is 7.60 Å². The maximum atomic E-state index is 14.7. The Morgan fingerprint density at radius 3 is 1.92 bits per heavy atom. The lowest BCUT2D eigenvalue weighted by molar-refractivity contribution is -0.0181. The van der Waals surface area contributed by atoms with Gasteiger partial charge < -0.3 is 14.5 Å². The Labute approximate surface area is 214 Å². The fraction of sp³-hybridized carbons (Fsp3) is 0.724. The van der Waals surface area contributed by atoms with Crippen LogP contribution < -0.4 is 4.74 Å². The van der Waals surface area contributed by atoms with Crippen molar-refractivity contribution in [2.75, 3.05) is 12.8 Å². The molecule has 5 rings (SSSR count). The second-order valence-corrected chi connectivity index (χ2v) is 13.4. The Morgan fingerprint density at radius 1 is 0.833 bits per heavy atom. The van der Waals surface area contributed by atoms with Crippen molar-refractivity contribution >= 4 is 7.60 Å². The second-order valence-electron chi connectivity index (χ2n) is 11.6. The van der Waals surface area contributed by atoms with E-state index < -0.39 is 19.2 Å². The van der Waals surface area contributed by atoms with E-state index >= 15 is 0 Å². The van der Waals surface area contributed by atoms with Crippen LogP contribution in [0.1, 0.15) is 102 Å². The van der Waals surface area contributed by atoms with Crippen molar-refractivity contribution in [1.29, 1.82) is 0 Å². The first-order chi connectivity index (χ1) is 17.2. The summed E-state index contributed by atoms with van der Waals surface area (Å²) in [5, 5.41) is 0. The summed E-state index contributed by atoms with van der Waals surface area (Å²) in [6.45, 7) is 0.358. The number of hydrogen-bond donors (Lipinski definition) is 2. The molecule has 4 aliphatic carbocycles. The van der Waals surface area contributed by atoms with Gasteiger partial charge in [-0.2, -0.15) is 4.39 Å². The van der Waals surface area contributed by atoms with Crippen LogP contribution in [0.2, 0.25) is 0 Å². The average Bonchev–Trinajstić information content (AvgIpc) is 2.80. The zero-order valence-electron chi connectivity index (χ0n) is 21.3. The van der Waals surface area contributed by atoms with Crippen molar-refractivity contribution < 1.29 is 27.9 Å². The van der Waals surface area contributed by atoms with E-state index in [0.29, 0.717) is 13.0 Å². The van der Waals surface area contributed by atoms with Crippen molar-refractivity contribution in [3.05, 3.63) is 29.3 Å². The molecule has 1 aromatic rings. The number of rotatable bonds is 13. The first-order valence-corrected chi connectivity index (χ1v) is 15.7. The van der Waals surface area contributed by atoms with Gasteiger partial charge in [0, 0.05) is 11.6 Å². The summed E-state index contributed by atoms with van der Waals surface area (Å²) < 4.78 is 45.6. The molecule has 4 aliphatic rings. The Bertz CT molecular complexity index is 958. The van der Waals surface area contributed by atoms with Gasteiger partial charge in [0.15, 0.2) is 11.6 Å². The minimum Gasteiger partial charge on any atom is -0.490 e. The average molecular weight is 523 g/mol. The standard InChI is InChI=1S/C29H41F2O4P/c30-27-25(12-13-29-19-22-16-23(20-29)18-24(17-22)21-29)10-11-26(28(27)31)35-14-8-6-4-2-1-3-5-7-9-15-36(32,33)34/h10-11,22-24H,1-9,14-21H2,(H2,32,33,34)/t22-,23?,24?,29+. The SMILES string of the molecule is O=P(O)(O)CCCCCCCCCCCOc1ccc(C#C[C@]23CC4CC(C[C@H](C4)C2)C3)c(F)c1F. The van der Waals surface area contributed by atoms with E-state index in [1.807, 2.05) is 0 Å². The molecule has 4 bridgehead atoms. The van der Waals surface area contributed by atoms with Crippen LogP contribution in [-0.2, 0) is 4.57 Å². The van der Waals surface area contributed by atoms with Crippen LogP contribution in [0, 0.1) is 46.6 Å². The maximum absolute atomic E-state index is 14.7. The molecule has 200 valence electrons. The predicted octanol–water partition coefficient (Wildman–Crippen LogP) is 7.60. The number of ether oxygens (including phenoxy) is 1. The highest BCUT2D eigenvalue weighted by Gasteiger charge is 2.50. The molecule has 0 aromatic heterocycles. The molecular weight excluding hydrogens is 481 g/mol. The van der Waals surface area contributed by atoms with E-state index in [1.54, 1.807) is 6.07 Å². The topological polar surface area (TPSA) is 66.8 Å². The third-order valence-corrected chi connectivity index (χ3v) is 9.30. The number of halogens is 2. The van der Waals surface area contributed by atoms with Crippen LogP contribution in [0.4, 0.5) is 8.78 Å². The molecule has 2 N–H and O–H groups in total. The first-order valence-electron chi connectivity index (χ1n) is 13.9. The normalized spacial score (nSPS) is 26.6. The minimum atomic E-state index is -3.85. The molecule has 0 atom stereocenters.